The zero-order chi connectivity index (χ0) is 14.0. The van der Waals surface area contributed by atoms with Crippen LogP contribution in [0, 0.1) is 13.8 Å². The van der Waals surface area contributed by atoms with Crippen molar-refractivity contribution in [2.75, 3.05) is 4.72 Å². The molecule has 0 amide bonds. The molecule has 2 aromatic rings. The van der Waals surface area contributed by atoms with Crippen LogP contribution in [0.3, 0.4) is 0 Å². The van der Waals surface area contributed by atoms with Crippen molar-refractivity contribution in [3.05, 3.63) is 45.4 Å². The van der Waals surface area contributed by atoms with Crippen LogP contribution in [-0.2, 0) is 15.8 Å². The van der Waals surface area contributed by atoms with Crippen molar-refractivity contribution in [3.8, 4) is 0 Å². The van der Waals surface area contributed by atoms with Crippen molar-refractivity contribution in [1.82, 2.24) is 4.98 Å². The lowest BCUT2D eigenvalue weighted by molar-refractivity contribution is 0.600. The molecule has 0 fully saturated rings. The summed E-state index contributed by atoms with van der Waals surface area (Å²) in [5.41, 5.74) is 1.40. The van der Waals surface area contributed by atoms with Gasteiger partial charge in [-0.2, -0.15) is 0 Å². The third-order valence-electron chi connectivity index (χ3n) is 2.57. The largest absolute Gasteiger partial charge is 0.258 e. The van der Waals surface area contributed by atoms with Gasteiger partial charge in [-0.15, -0.1) is 11.3 Å². The van der Waals surface area contributed by atoms with Crippen LogP contribution in [0.5, 0.6) is 0 Å². The lowest BCUT2D eigenvalue weighted by Crippen LogP contribution is -2.15. The smallest absolute Gasteiger partial charge is 0.238 e. The van der Waals surface area contributed by atoms with E-state index in [0.717, 1.165) is 10.6 Å². The number of nitrogens with one attached hydrogen (secondary N) is 1. The molecule has 7 heteroatoms. The number of halogens is 1. The van der Waals surface area contributed by atoms with E-state index in [-0.39, 0.29) is 5.75 Å². The van der Waals surface area contributed by atoms with E-state index in [1.807, 2.05) is 13.8 Å². The Morgan fingerprint density at radius 3 is 2.58 bits per heavy atom. The van der Waals surface area contributed by atoms with Crippen molar-refractivity contribution in [2.45, 2.75) is 19.6 Å². The van der Waals surface area contributed by atoms with Gasteiger partial charge < -0.3 is 0 Å². The van der Waals surface area contributed by atoms with Crippen molar-refractivity contribution < 1.29 is 8.42 Å². The molecule has 0 unspecified atom stereocenters. The summed E-state index contributed by atoms with van der Waals surface area (Å²) in [5, 5.41) is 0.835. The maximum Gasteiger partial charge on any atom is 0.238 e. The molecule has 1 aromatic heterocycles. The van der Waals surface area contributed by atoms with Crippen molar-refractivity contribution in [1.29, 1.82) is 0 Å². The fourth-order valence-electron chi connectivity index (χ4n) is 1.51. The predicted octanol–water partition coefficient (Wildman–Crippen LogP) is 3.36. The van der Waals surface area contributed by atoms with E-state index in [0.29, 0.717) is 15.7 Å². The number of hydrogen-bond acceptors (Lipinski definition) is 4. The highest BCUT2D eigenvalue weighted by Gasteiger charge is 2.16. The molecule has 1 N–H and O–H groups in total. The molecule has 0 spiro atoms. The van der Waals surface area contributed by atoms with Crippen LogP contribution in [0.2, 0.25) is 5.02 Å². The first kappa shape index (κ1) is 14.3. The van der Waals surface area contributed by atoms with Gasteiger partial charge in [0.15, 0.2) is 5.13 Å². The van der Waals surface area contributed by atoms with Crippen LogP contribution in [-0.4, -0.2) is 13.4 Å². The Morgan fingerprint density at radius 1 is 1.32 bits per heavy atom. The average molecular weight is 317 g/mol. The molecule has 1 aromatic carbocycles. The Kier molecular flexibility index (Phi) is 4.13. The third-order valence-corrected chi connectivity index (χ3v) is 5.26. The van der Waals surface area contributed by atoms with Crippen molar-refractivity contribution in [3.63, 3.8) is 0 Å². The van der Waals surface area contributed by atoms with Gasteiger partial charge in [0.1, 0.15) is 0 Å². The summed E-state index contributed by atoms with van der Waals surface area (Å²) >= 11 is 7.28. The molecule has 2 rings (SSSR count). The van der Waals surface area contributed by atoms with Crippen molar-refractivity contribution in [2.24, 2.45) is 0 Å². The molecule has 0 radical (unpaired) electrons. The third kappa shape index (κ3) is 3.68. The highest BCUT2D eigenvalue weighted by Crippen LogP contribution is 2.24. The Hall–Kier alpha value is -1.11. The molecule has 0 saturated heterocycles. The number of rotatable bonds is 4. The monoisotopic (exact) mass is 316 g/mol. The Balaban J connectivity index is 2.18. The second kappa shape index (κ2) is 5.48. The van der Waals surface area contributed by atoms with E-state index < -0.39 is 10.0 Å². The normalized spacial score (nSPS) is 11.5. The van der Waals surface area contributed by atoms with Gasteiger partial charge in [-0.3, -0.25) is 4.72 Å². The van der Waals surface area contributed by atoms with Crippen LogP contribution in [0.25, 0.3) is 0 Å². The van der Waals surface area contributed by atoms with Crippen LogP contribution in [0.1, 0.15) is 16.1 Å². The number of nitrogens with zero attached hydrogens (tertiary/aromatic N) is 1. The number of sulfonamides is 1. The molecule has 102 valence electrons. The molecule has 4 nitrogen and oxygen atoms in total. The standard InChI is InChI=1S/C12H13ClN2O2S2/c1-8-9(2)18-12(14-8)15-19(16,17)7-10-5-3-4-6-11(10)13/h3-6H,7H2,1-2H3,(H,14,15). The molecule has 0 saturated carbocycles. The van der Waals surface area contributed by atoms with E-state index >= 15 is 0 Å². The predicted molar refractivity (Wildman–Crippen MR) is 79.3 cm³/mol. The highest BCUT2D eigenvalue weighted by molar-refractivity contribution is 7.92. The minimum absolute atomic E-state index is 0.162. The van der Waals surface area contributed by atoms with Crippen LogP contribution < -0.4 is 4.72 Å². The molecule has 0 aliphatic heterocycles. The van der Waals surface area contributed by atoms with Gasteiger partial charge in [0.05, 0.1) is 11.4 Å². The lowest BCUT2D eigenvalue weighted by Gasteiger charge is -2.06. The van der Waals surface area contributed by atoms with Gasteiger partial charge in [-0.25, -0.2) is 13.4 Å². The second-order valence-electron chi connectivity index (χ2n) is 4.11. The van der Waals surface area contributed by atoms with E-state index in [1.54, 1.807) is 24.3 Å². The number of anilines is 1. The van der Waals surface area contributed by atoms with Crippen molar-refractivity contribution >= 4 is 38.1 Å². The first-order chi connectivity index (χ1) is 8.87. The zero-order valence-electron chi connectivity index (χ0n) is 10.5. The Labute approximate surface area is 121 Å². The van der Waals surface area contributed by atoms with Crippen LogP contribution in [0.15, 0.2) is 24.3 Å². The topological polar surface area (TPSA) is 59.1 Å². The van der Waals surface area contributed by atoms with E-state index in [4.69, 9.17) is 11.6 Å². The van der Waals surface area contributed by atoms with E-state index in [2.05, 4.69) is 9.71 Å². The van der Waals surface area contributed by atoms with Gasteiger partial charge in [0, 0.05) is 9.90 Å². The molecular formula is C12H13ClN2O2S2. The summed E-state index contributed by atoms with van der Waals surface area (Å²) in [6, 6.07) is 6.89. The zero-order valence-corrected chi connectivity index (χ0v) is 12.9. The fraction of sp³-hybridized carbons (Fsp3) is 0.250. The van der Waals surface area contributed by atoms with Gasteiger partial charge in [-0.05, 0) is 25.5 Å². The van der Waals surface area contributed by atoms with E-state index in [9.17, 15) is 8.42 Å². The molecule has 0 bridgehead atoms. The molecule has 0 aliphatic carbocycles. The molecule has 0 aliphatic rings. The quantitative estimate of drug-likeness (QED) is 0.941. The number of benzene rings is 1. The minimum atomic E-state index is -3.50. The van der Waals surface area contributed by atoms with E-state index in [1.165, 1.54) is 11.3 Å². The summed E-state index contributed by atoms with van der Waals surface area (Å²) in [7, 11) is -3.50. The fourth-order valence-corrected chi connectivity index (χ4v) is 4.05. The SMILES string of the molecule is Cc1nc(NS(=O)(=O)Cc2ccccc2Cl)sc1C. The summed E-state index contributed by atoms with van der Waals surface area (Å²) < 4.78 is 26.6. The average Bonchev–Trinajstić information content (AvgIpc) is 2.60. The number of thiazole rings is 1. The first-order valence-electron chi connectivity index (χ1n) is 5.55. The molecular weight excluding hydrogens is 304 g/mol. The van der Waals surface area contributed by atoms with Crippen LogP contribution >= 0.6 is 22.9 Å². The highest BCUT2D eigenvalue weighted by atomic mass is 35.5. The summed E-state index contributed by atoms with van der Waals surface area (Å²) in [6.07, 6.45) is 0. The maximum atomic E-state index is 12.0. The van der Waals surface area contributed by atoms with Gasteiger partial charge >= 0.3 is 0 Å². The second-order valence-corrected chi connectivity index (χ2v) is 7.45. The van der Waals surface area contributed by atoms with Gasteiger partial charge in [0.2, 0.25) is 10.0 Å². The van der Waals surface area contributed by atoms with Crippen LogP contribution in [0.4, 0.5) is 5.13 Å². The lowest BCUT2D eigenvalue weighted by atomic mass is 10.2. The first-order valence-corrected chi connectivity index (χ1v) is 8.40. The molecule has 19 heavy (non-hydrogen) atoms. The number of aryl methyl sites for hydroxylation is 2. The summed E-state index contributed by atoms with van der Waals surface area (Å²) in [4.78, 5) is 5.15. The van der Waals surface area contributed by atoms with Gasteiger partial charge in [-0.1, -0.05) is 29.8 Å². The van der Waals surface area contributed by atoms with Gasteiger partial charge in [0.25, 0.3) is 0 Å². The summed E-state index contributed by atoms with van der Waals surface area (Å²) in [5.74, 6) is -0.162. The number of hydrogen-bond donors (Lipinski definition) is 1. The Morgan fingerprint density at radius 2 is 2.00 bits per heavy atom. The molecule has 0 atom stereocenters. The summed E-state index contributed by atoms with van der Waals surface area (Å²) in [6.45, 7) is 3.75. The molecule has 1 heterocycles. The number of aromatic nitrogens is 1. The maximum absolute atomic E-state index is 12.0. The Bertz CT molecular complexity index is 676. The minimum Gasteiger partial charge on any atom is -0.258 e.